The molecule has 0 saturated carbocycles. The van der Waals surface area contributed by atoms with Crippen molar-refractivity contribution < 1.29 is 0 Å². The van der Waals surface area contributed by atoms with E-state index < -0.39 is 0 Å². The molecule has 0 bridgehead atoms. The molecule has 0 radical (unpaired) electrons. The molecule has 7 heteroatoms. The highest BCUT2D eigenvalue weighted by Crippen LogP contribution is 2.27. The topological polar surface area (TPSA) is 71.4 Å². The summed E-state index contributed by atoms with van der Waals surface area (Å²) < 4.78 is 2.15. The van der Waals surface area contributed by atoms with Gasteiger partial charge in [-0.25, -0.2) is 4.98 Å². The van der Waals surface area contributed by atoms with Crippen LogP contribution in [0.1, 0.15) is 30.3 Å². The number of fused-ring (bicyclic) bond motifs is 1. The van der Waals surface area contributed by atoms with E-state index in [-0.39, 0.29) is 0 Å². The number of hydrogen-bond acceptors (Lipinski definition) is 5. The Morgan fingerprint density at radius 1 is 1.22 bits per heavy atom. The van der Waals surface area contributed by atoms with Crippen molar-refractivity contribution in [3.05, 3.63) is 35.9 Å². The van der Waals surface area contributed by atoms with Crippen LogP contribution in [0.25, 0.3) is 11.0 Å². The van der Waals surface area contributed by atoms with Crippen molar-refractivity contribution in [2.24, 2.45) is 7.05 Å². The monoisotopic (exact) mass is 328 g/mol. The van der Waals surface area contributed by atoms with Crippen LogP contribution in [-0.2, 0) is 12.8 Å². The molecule has 1 saturated heterocycles. The number of nitrogens with one attached hydrogen (secondary N) is 2. The normalized spacial score (nSPS) is 16.2. The number of hydrogen-bond donors (Lipinski definition) is 2. The van der Waals surface area contributed by atoms with Gasteiger partial charge in [0.1, 0.15) is 11.5 Å². The molecule has 4 heterocycles. The van der Waals surface area contributed by atoms with Gasteiger partial charge in [0.2, 0.25) is 0 Å². The molecule has 3 aromatic heterocycles. The van der Waals surface area contributed by atoms with Gasteiger partial charge in [0.05, 0.1) is 5.69 Å². The minimum absolute atomic E-state index is 0.525. The molecule has 1 aliphatic heterocycles. The number of nitrogens with zero attached hydrogens (tertiary/aromatic N) is 4. The van der Waals surface area contributed by atoms with Gasteiger partial charge in [-0.3, -0.25) is 0 Å². The van der Waals surface area contributed by atoms with Crippen LogP contribution < -0.4 is 5.32 Å². The van der Waals surface area contributed by atoms with E-state index in [1.807, 2.05) is 12.3 Å². The summed E-state index contributed by atoms with van der Waals surface area (Å²) in [5.41, 5.74) is 1.99. The number of piperidine rings is 1. The summed E-state index contributed by atoms with van der Waals surface area (Å²) in [7, 11) is 2.07. The van der Waals surface area contributed by atoms with Gasteiger partial charge >= 0.3 is 0 Å². The fraction of sp³-hybridized carbons (Fsp3) is 0.438. The summed E-state index contributed by atoms with van der Waals surface area (Å²) in [5.74, 6) is 2.44. The van der Waals surface area contributed by atoms with E-state index in [9.17, 15) is 0 Å². The summed E-state index contributed by atoms with van der Waals surface area (Å²) in [6, 6.07) is 6.21. The lowest BCUT2D eigenvalue weighted by molar-refractivity contribution is 0.434. The molecule has 1 fully saturated rings. The van der Waals surface area contributed by atoms with Gasteiger partial charge in [0.15, 0.2) is 5.16 Å². The molecular formula is C16H20N6S. The summed E-state index contributed by atoms with van der Waals surface area (Å²) >= 11 is 1.69. The number of pyridine rings is 1. The molecule has 4 rings (SSSR count). The zero-order valence-corrected chi connectivity index (χ0v) is 13.9. The highest BCUT2D eigenvalue weighted by atomic mass is 32.2. The molecule has 0 spiro atoms. The zero-order chi connectivity index (χ0) is 15.6. The van der Waals surface area contributed by atoms with Crippen LogP contribution in [-0.4, -0.2) is 37.8 Å². The lowest BCUT2D eigenvalue weighted by atomic mass is 9.97. The Bertz CT molecular complexity index is 802. The van der Waals surface area contributed by atoms with E-state index >= 15 is 0 Å². The van der Waals surface area contributed by atoms with Crippen molar-refractivity contribution in [3.63, 3.8) is 0 Å². The molecule has 2 N–H and O–H groups in total. The van der Waals surface area contributed by atoms with E-state index in [0.29, 0.717) is 5.92 Å². The summed E-state index contributed by atoms with van der Waals surface area (Å²) in [6.07, 6.45) is 4.20. The van der Waals surface area contributed by atoms with Crippen molar-refractivity contribution in [3.8, 4) is 0 Å². The Balaban J connectivity index is 1.47. The number of thioether (sulfide) groups is 1. The van der Waals surface area contributed by atoms with Gasteiger partial charge in [0, 0.05) is 30.3 Å². The Morgan fingerprint density at radius 3 is 2.96 bits per heavy atom. The molecule has 3 aromatic rings. The Kier molecular flexibility index (Phi) is 4.05. The lowest BCUT2D eigenvalue weighted by Crippen LogP contribution is -2.27. The minimum Gasteiger partial charge on any atom is -0.346 e. The van der Waals surface area contributed by atoms with Crippen LogP contribution in [0.15, 0.2) is 29.6 Å². The largest absolute Gasteiger partial charge is 0.346 e. The summed E-state index contributed by atoms with van der Waals surface area (Å²) in [6.45, 7) is 2.14. The SMILES string of the molecule is Cn1c(SCc2ccc3cc[nH]c3n2)nnc1C1CCNCC1. The van der Waals surface area contributed by atoms with E-state index in [4.69, 9.17) is 0 Å². The number of rotatable bonds is 4. The van der Waals surface area contributed by atoms with Gasteiger partial charge in [-0.05, 0) is 44.1 Å². The second kappa shape index (κ2) is 6.33. The standard InChI is InChI=1S/C16H20N6S/c1-22-15(12-4-7-17-8-5-12)20-21-16(22)23-10-13-3-2-11-6-9-18-14(11)19-13/h2-3,6,9,12,17H,4-5,7-8,10H2,1H3,(H,18,19). The molecule has 0 amide bonds. The van der Waals surface area contributed by atoms with Gasteiger partial charge in [-0.2, -0.15) is 0 Å². The molecule has 0 atom stereocenters. The first-order chi connectivity index (χ1) is 11.3. The van der Waals surface area contributed by atoms with Gasteiger partial charge in [-0.1, -0.05) is 11.8 Å². The van der Waals surface area contributed by atoms with Crippen LogP contribution in [0.3, 0.4) is 0 Å². The van der Waals surface area contributed by atoms with E-state index in [1.54, 1.807) is 11.8 Å². The lowest BCUT2D eigenvalue weighted by Gasteiger charge is -2.21. The minimum atomic E-state index is 0.525. The molecular weight excluding hydrogens is 308 g/mol. The van der Waals surface area contributed by atoms with E-state index in [1.165, 1.54) is 0 Å². The molecule has 1 aliphatic rings. The maximum atomic E-state index is 4.63. The molecule has 0 unspecified atom stereocenters. The maximum Gasteiger partial charge on any atom is 0.191 e. The maximum absolute atomic E-state index is 4.63. The van der Waals surface area contributed by atoms with Crippen molar-refractivity contribution in [2.75, 3.05) is 13.1 Å². The van der Waals surface area contributed by atoms with E-state index in [2.05, 4.69) is 49.2 Å². The average molecular weight is 328 g/mol. The van der Waals surface area contributed by atoms with Crippen molar-refractivity contribution in [2.45, 2.75) is 29.7 Å². The number of aromatic amines is 1. The molecule has 23 heavy (non-hydrogen) atoms. The van der Waals surface area contributed by atoms with Crippen LogP contribution in [0.5, 0.6) is 0 Å². The predicted molar refractivity (Wildman–Crippen MR) is 91.5 cm³/mol. The third kappa shape index (κ3) is 2.98. The van der Waals surface area contributed by atoms with Gasteiger partial charge in [0.25, 0.3) is 0 Å². The van der Waals surface area contributed by atoms with E-state index in [0.717, 1.165) is 59.4 Å². The Hall–Kier alpha value is -1.86. The Labute approximate surface area is 139 Å². The molecule has 0 aromatic carbocycles. The second-order valence-corrected chi connectivity index (χ2v) is 6.87. The molecule has 0 aliphatic carbocycles. The highest BCUT2D eigenvalue weighted by Gasteiger charge is 2.21. The molecule has 6 nitrogen and oxygen atoms in total. The molecule has 120 valence electrons. The fourth-order valence-electron chi connectivity index (χ4n) is 3.08. The third-order valence-electron chi connectivity index (χ3n) is 4.39. The smallest absolute Gasteiger partial charge is 0.191 e. The third-order valence-corrected chi connectivity index (χ3v) is 5.44. The van der Waals surface area contributed by atoms with Crippen molar-refractivity contribution in [1.29, 1.82) is 0 Å². The highest BCUT2D eigenvalue weighted by molar-refractivity contribution is 7.98. The van der Waals surface area contributed by atoms with Gasteiger partial charge < -0.3 is 14.9 Å². The van der Waals surface area contributed by atoms with Crippen LogP contribution in [0, 0.1) is 0 Å². The van der Waals surface area contributed by atoms with Crippen LogP contribution in [0.4, 0.5) is 0 Å². The second-order valence-electron chi connectivity index (χ2n) is 5.93. The number of H-pyrrole nitrogens is 1. The van der Waals surface area contributed by atoms with Crippen LogP contribution >= 0.6 is 11.8 Å². The zero-order valence-electron chi connectivity index (χ0n) is 13.1. The predicted octanol–water partition coefficient (Wildman–Crippen LogP) is 2.45. The summed E-state index contributed by atoms with van der Waals surface area (Å²) in [4.78, 5) is 7.79. The van der Waals surface area contributed by atoms with Crippen molar-refractivity contribution >= 4 is 22.8 Å². The quantitative estimate of drug-likeness (QED) is 0.720. The van der Waals surface area contributed by atoms with Crippen LogP contribution in [0.2, 0.25) is 0 Å². The van der Waals surface area contributed by atoms with Gasteiger partial charge in [-0.15, -0.1) is 10.2 Å². The Morgan fingerprint density at radius 2 is 2.09 bits per heavy atom. The first kappa shape index (κ1) is 14.7. The first-order valence-corrected chi connectivity index (χ1v) is 8.95. The fourth-order valence-corrected chi connectivity index (χ4v) is 3.90. The average Bonchev–Trinajstić information content (AvgIpc) is 3.20. The first-order valence-electron chi connectivity index (χ1n) is 7.97. The number of aromatic nitrogens is 5. The van der Waals surface area contributed by atoms with Crippen molar-refractivity contribution in [1.82, 2.24) is 30.0 Å². The summed E-state index contributed by atoms with van der Waals surface area (Å²) in [5, 5.41) is 14.3.